The molecule has 1 N–H and O–H groups in total. The number of fused-ring (bicyclic) bond motifs is 4. The van der Waals surface area contributed by atoms with E-state index in [2.05, 4.69) is 20.9 Å². The van der Waals surface area contributed by atoms with Crippen molar-refractivity contribution >= 4 is 56.1 Å². The normalized spacial score (nSPS) is 23.5. The van der Waals surface area contributed by atoms with E-state index in [1.165, 1.54) is 37.3 Å². The molecule has 2 amide bonds. The number of oxazole rings is 1. The van der Waals surface area contributed by atoms with E-state index in [4.69, 9.17) is 13.9 Å². The molecule has 10 nitrogen and oxygen atoms in total. The summed E-state index contributed by atoms with van der Waals surface area (Å²) in [5, 5.41) is 10.4. The van der Waals surface area contributed by atoms with Crippen molar-refractivity contribution in [1.82, 2.24) is 4.98 Å². The van der Waals surface area contributed by atoms with E-state index in [1.54, 1.807) is 24.3 Å². The number of phenolic OH excluding ortho intramolecular Hbond substituents is 1. The maximum Gasteiger partial charge on any atom is 0.238 e. The zero-order valence-electron chi connectivity index (χ0n) is 25.7. The highest BCUT2D eigenvalue weighted by molar-refractivity contribution is 9.12. The number of hydrogen-bond donors (Lipinski definition) is 1. The molecular formula is C37H27BrN2O8. The van der Waals surface area contributed by atoms with Gasteiger partial charge >= 0.3 is 0 Å². The zero-order valence-corrected chi connectivity index (χ0v) is 27.3. The Kier molecular flexibility index (Phi) is 6.99. The number of rotatable bonds is 5. The Labute approximate surface area is 282 Å². The van der Waals surface area contributed by atoms with Gasteiger partial charge in [0.2, 0.25) is 17.7 Å². The topological polar surface area (TPSA) is 136 Å². The minimum atomic E-state index is -0.814. The Morgan fingerprint density at radius 2 is 1.65 bits per heavy atom. The summed E-state index contributed by atoms with van der Waals surface area (Å²) in [5.41, 5.74) is 4.23. The summed E-state index contributed by atoms with van der Waals surface area (Å²) in [6.45, 7) is 0. The molecule has 0 saturated carbocycles. The van der Waals surface area contributed by atoms with E-state index in [0.717, 1.165) is 11.1 Å². The molecule has 11 heteroatoms. The smallest absolute Gasteiger partial charge is 0.238 e. The van der Waals surface area contributed by atoms with Gasteiger partial charge < -0.3 is 19.0 Å². The average molecular weight is 708 g/mol. The number of aromatic nitrogens is 1. The lowest BCUT2D eigenvalue weighted by Gasteiger charge is -2.42. The molecule has 0 radical (unpaired) electrons. The first-order chi connectivity index (χ1) is 23.2. The number of amides is 2. The molecule has 3 aromatic carbocycles. The monoisotopic (exact) mass is 706 g/mol. The molecule has 240 valence electrons. The number of ketones is 2. The molecule has 4 aromatic rings. The number of nitrogens with zero attached hydrogens (tertiary/aromatic N) is 2. The number of ether oxygens (including phenoxy) is 2. The number of methoxy groups -OCH3 is 2. The third-order valence-electron chi connectivity index (χ3n) is 9.81. The van der Waals surface area contributed by atoms with Crippen molar-refractivity contribution < 1.29 is 38.2 Å². The summed E-state index contributed by atoms with van der Waals surface area (Å²) in [6.07, 6.45) is 3.55. The number of hydrogen-bond acceptors (Lipinski definition) is 9. The molecule has 8 rings (SSSR count). The largest absolute Gasteiger partial charge is 0.508 e. The Hall–Kier alpha value is -5.29. The zero-order chi connectivity index (χ0) is 33.4. The van der Waals surface area contributed by atoms with Crippen molar-refractivity contribution in [3.8, 4) is 28.7 Å². The van der Waals surface area contributed by atoms with Crippen molar-refractivity contribution in [2.24, 2.45) is 17.8 Å². The predicted octanol–water partition coefficient (Wildman–Crippen LogP) is 6.18. The van der Waals surface area contributed by atoms with Gasteiger partial charge in [-0.15, -0.1) is 0 Å². The van der Waals surface area contributed by atoms with Gasteiger partial charge in [0.1, 0.15) is 22.8 Å². The molecule has 1 aliphatic heterocycles. The minimum Gasteiger partial charge on any atom is -0.508 e. The summed E-state index contributed by atoms with van der Waals surface area (Å²) < 4.78 is 17.4. The first-order valence-electron chi connectivity index (χ1n) is 15.4. The van der Waals surface area contributed by atoms with Crippen LogP contribution in [-0.4, -0.2) is 47.7 Å². The maximum atomic E-state index is 14.4. The average Bonchev–Trinajstić information content (AvgIpc) is 3.64. The molecule has 1 aromatic heterocycles. The molecule has 1 saturated heterocycles. The highest BCUT2D eigenvalue weighted by Gasteiger charge is 2.57. The summed E-state index contributed by atoms with van der Waals surface area (Å²) in [6, 6.07) is 17.2. The fraction of sp³-hybridized carbons (Fsp3) is 0.216. The number of carbonyl (C=O) groups excluding carboxylic acids is 4. The van der Waals surface area contributed by atoms with Crippen LogP contribution >= 0.6 is 15.9 Å². The van der Waals surface area contributed by atoms with E-state index in [-0.39, 0.29) is 69.1 Å². The van der Waals surface area contributed by atoms with Gasteiger partial charge in [-0.25, -0.2) is 4.98 Å². The van der Waals surface area contributed by atoms with Gasteiger partial charge in [-0.1, -0.05) is 23.8 Å². The molecule has 0 spiro atoms. The minimum absolute atomic E-state index is 0.102. The van der Waals surface area contributed by atoms with Gasteiger partial charge in [-0.3, -0.25) is 24.1 Å². The van der Waals surface area contributed by atoms with Crippen LogP contribution in [0.4, 0.5) is 5.69 Å². The highest BCUT2D eigenvalue weighted by Crippen LogP contribution is 2.58. The van der Waals surface area contributed by atoms with Gasteiger partial charge in [-0.2, -0.15) is 0 Å². The quantitative estimate of drug-likeness (QED) is 0.146. The second-order valence-electron chi connectivity index (χ2n) is 12.2. The van der Waals surface area contributed by atoms with E-state index >= 15 is 0 Å². The number of halogens is 1. The second kappa shape index (κ2) is 11.2. The standard InChI is InChI=1S/C37H27BrN2O8/c1-46-28-13-19(41)14-29(47-2)33(28)32-20-11-12-21-30(22(20)15-23-31(32)26(42)16-24(38)34(23)43)37(45)40(36(21)44)18-9-7-17(8-10-18)35-39-25-5-3-4-6-27(25)48-35/h3-11,13-14,16,21-22,30,32,41H,12,15H2,1-2H3. The first kappa shape index (κ1) is 30.1. The lowest BCUT2D eigenvalue weighted by molar-refractivity contribution is -0.123. The number of allylic oxidation sites excluding steroid dienone is 6. The first-order valence-corrected chi connectivity index (χ1v) is 16.2. The number of benzene rings is 3. The number of anilines is 1. The van der Waals surface area contributed by atoms with Crippen LogP contribution in [0.2, 0.25) is 0 Å². The molecular weight excluding hydrogens is 680 g/mol. The third-order valence-corrected chi connectivity index (χ3v) is 10.4. The Morgan fingerprint density at radius 1 is 0.938 bits per heavy atom. The Morgan fingerprint density at radius 3 is 2.33 bits per heavy atom. The fourth-order valence-corrected chi connectivity index (χ4v) is 8.20. The number of Topliss-reactive ketones (excluding diaryl/α,β-unsaturated/α-hetero) is 1. The SMILES string of the molecule is COc1cc(O)cc(OC)c1C1C2=CCC3C(=O)N(c4ccc(-c5nc6ccccc6o5)cc4)C(=O)C3C2CC2=C1C(=O)C=C(Br)C2=O. The van der Waals surface area contributed by atoms with E-state index < -0.39 is 23.7 Å². The number of carbonyl (C=O) groups is 4. The van der Waals surface area contributed by atoms with E-state index in [0.29, 0.717) is 28.3 Å². The van der Waals surface area contributed by atoms with Gasteiger partial charge in [0.05, 0.1) is 36.2 Å². The van der Waals surface area contributed by atoms with Crippen LogP contribution < -0.4 is 14.4 Å². The van der Waals surface area contributed by atoms with Crippen LogP contribution in [0.15, 0.2) is 98.4 Å². The molecule has 48 heavy (non-hydrogen) atoms. The van der Waals surface area contributed by atoms with Crippen LogP contribution in [-0.2, 0) is 19.2 Å². The summed E-state index contributed by atoms with van der Waals surface area (Å²) in [4.78, 5) is 61.4. The molecule has 1 fully saturated rings. The molecule has 3 aliphatic carbocycles. The van der Waals surface area contributed by atoms with Crippen molar-refractivity contribution in [2.75, 3.05) is 19.1 Å². The van der Waals surface area contributed by atoms with E-state index in [1.807, 2.05) is 30.3 Å². The highest BCUT2D eigenvalue weighted by atomic mass is 79.9. The Balaban J connectivity index is 1.20. The van der Waals surface area contributed by atoms with Crippen molar-refractivity contribution in [1.29, 1.82) is 0 Å². The van der Waals surface area contributed by atoms with Crippen LogP contribution in [0.3, 0.4) is 0 Å². The molecule has 4 unspecified atom stereocenters. The summed E-state index contributed by atoms with van der Waals surface area (Å²) >= 11 is 3.26. The van der Waals surface area contributed by atoms with Crippen LogP contribution in [0.25, 0.3) is 22.6 Å². The number of para-hydroxylation sites is 2. The van der Waals surface area contributed by atoms with Crippen LogP contribution in [0, 0.1) is 17.8 Å². The predicted molar refractivity (Wildman–Crippen MR) is 178 cm³/mol. The molecule has 4 aliphatic rings. The Bertz CT molecular complexity index is 2140. The number of phenols is 1. The van der Waals surface area contributed by atoms with Gasteiger partial charge in [0.15, 0.2) is 17.1 Å². The van der Waals surface area contributed by atoms with Gasteiger partial charge in [-0.05, 0) is 71.1 Å². The van der Waals surface area contributed by atoms with Gasteiger partial charge in [0, 0.05) is 46.4 Å². The molecule has 0 bridgehead atoms. The molecule has 4 atom stereocenters. The van der Waals surface area contributed by atoms with Crippen LogP contribution in [0.5, 0.6) is 17.2 Å². The second-order valence-corrected chi connectivity index (χ2v) is 13.1. The fourth-order valence-electron chi connectivity index (χ4n) is 7.75. The van der Waals surface area contributed by atoms with Crippen LogP contribution in [0.1, 0.15) is 24.3 Å². The number of imide groups is 1. The van der Waals surface area contributed by atoms with Gasteiger partial charge in [0.25, 0.3) is 0 Å². The van der Waals surface area contributed by atoms with Crippen molar-refractivity contribution in [2.45, 2.75) is 18.8 Å². The molecule has 2 heterocycles. The summed E-state index contributed by atoms with van der Waals surface area (Å²) in [5.74, 6) is -3.35. The lowest BCUT2D eigenvalue weighted by Crippen LogP contribution is -2.39. The summed E-state index contributed by atoms with van der Waals surface area (Å²) in [7, 11) is 2.88. The lowest BCUT2D eigenvalue weighted by atomic mass is 9.59. The third kappa shape index (κ3) is 4.41. The maximum absolute atomic E-state index is 14.4. The van der Waals surface area contributed by atoms with Crippen molar-refractivity contribution in [3.05, 3.63) is 99.6 Å². The number of aromatic hydroxyl groups is 1. The van der Waals surface area contributed by atoms with E-state index in [9.17, 15) is 24.3 Å². The van der Waals surface area contributed by atoms with Crippen molar-refractivity contribution in [3.63, 3.8) is 0 Å².